The maximum atomic E-state index is 5.22. The van der Waals surface area contributed by atoms with Gasteiger partial charge in [0.05, 0.1) is 14.2 Å². The normalized spacial score (nSPS) is 10.7. The number of methoxy groups -OCH3 is 2. The predicted octanol–water partition coefficient (Wildman–Crippen LogP) is 4.72. The van der Waals surface area contributed by atoms with Crippen molar-refractivity contribution >= 4 is 0 Å². The Labute approximate surface area is 134 Å². The lowest BCUT2D eigenvalue weighted by Gasteiger charge is -2.17. The highest BCUT2D eigenvalue weighted by Crippen LogP contribution is 2.22. The zero-order valence-electron chi connectivity index (χ0n) is 13.7. The molecule has 0 aliphatic heterocycles. The maximum absolute atomic E-state index is 5.22. The van der Waals surface area contributed by atoms with Crippen molar-refractivity contribution in [3.63, 3.8) is 0 Å². The number of hydrogen-bond acceptors (Lipinski definition) is 2. The van der Waals surface area contributed by atoms with Crippen molar-refractivity contribution in [3.05, 3.63) is 66.1 Å². The summed E-state index contributed by atoms with van der Waals surface area (Å²) in [5, 5.41) is 0. The maximum Gasteiger partial charge on any atom is 0.118 e. The van der Waals surface area contributed by atoms with Crippen LogP contribution in [0.4, 0.5) is 0 Å². The fourth-order valence-electron chi connectivity index (χ4n) is 2.76. The summed E-state index contributed by atoms with van der Waals surface area (Å²) in [6.07, 6.45) is 5.55. The van der Waals surface area contributed by atoms with Crippen LogP contribution in [-0.2, 0) is 12.8 Å². The van der Waals surface area contributed by atoms with Crippen molar-refractivity contribution in [3.8, 4) is 11.5 Å². The number of rotatable bonds is 8. The third kappa shape index (κ3) is 4.80. The smallest absolute Gasteiger partial charge is 0.118 e. The van der Waals surface area contributed by atoms with Crippen LogP contribution in [0.15, 0.2) is 48.5 Å². The van der Waals surface area contributed by atoms with Gasteiger partial charge in [-0.15, -0.1) is 0 Å². The highest BCUT2D eigenvalue weighted by atomic mass is 16.5. The molecule has 0 saturated heterocycles. The Morgan fingerprint density at radius 3 is 1.50 bits per heavy atom. The Morgan fingerprint density at radius 1 is 0.773 bits per heavy atom. The molecular formula is C20H25O2. The van der Waals surface area contributed by atoms with E-state index in [1.54, 1.807) is 14.2 Å². The summed E-state index contributed by atoms with van der Waals surface area (Å²) >= 11 is 0. The summed E-state index contributed by atoms with van der Waals surface area (Å²) in [7, 11) is 3.40. The van der Waals surface area contributed by atoms with Gasteiger partial charge in [-0.05, 0) is 67.0 Å². The lowest BCUT2D eigenvalue weighted by Crippen LogP contribution is -2.08. The predicted molar refractivity (Wildman–Crippen MR) is 91.5 cm³/mol. The van der Waals surface area contributed by atoms with E-state index < -0.39 is 0 Å². The summed E-state index contributed by atoms with van der Waals surface area (Å²) in [6, 6.07) is 16.8. The summed E-state index contributed by atoms with van der Waals surface area (Å²) < 4.78 is 10.4. The molecule has 0 unspecified atom stereocenters. The van der Waals surface area contributed by atoms with Gasteiger partial charge in [-0.2, -0.15) is 0 Å². The third-order valence-corrected chi connectivity index (χ3v) is 3.94. The lowest BCUT2D eigenvalue weighted by atomic mass is 9.89. The molecule has 2 rings (SSSR count). The quantitative estimate of drug-likeness (QED) is 0.702. The van der Waals surface area contributed by atoms with Crippen molar-refractivity contribution < 1.29 is 9.47 Å². The van der Waals surface area contributed by atoms with Gasteiger partial charge in [0.1, 0.15) is 11.5 Å². The van der Waals surface area contributed by atoms with Crippen LogP contribution in [0.3, 0.4) is 0 Å². The Hall–Kier alpha value is -1.96. The van der Waals surface area contributed by atoms with E-state index in [-0.39, 0.29) is 0 Å². The minimum Gasteiger partial charge on any atom is -0.497 e. The molecule has 1 radical (unpaired) electrons. The Kier molecular flexibility index (Phi) is 6.32. The van der Waals surface area contributed by atoms with E-state index in [9.17, 15) is 0 Å². The minimum absolute atomic E-state index is 0.617. The summed E-state index contributed by atoms with van der Waals surface area (Å²) in [5.74, 6) is 2.45. The largest absolute Gasteiger partial charge is 0.497 e. The molecule has 0 aliphatic rings. The van der Waals surface area contributed by atoms with Crippen molar-refractivity contribution in [2.75, 3.05) is 14.2 Å². The van der Waals surface area contributed by atoms with Crippen LogP contribution in [0.5, 0.6) is 11.5 Å². The van der Waals surface area contributed by atoms with Gasteiger partial charge in [-0.3, -0.25) is 0 Å². The summed E-state index contributed by atoms with van der Waals surface area (Å²) in [6.45, 7) is 2.13. The minimum atomic E-state index is 0.617. The van der Waals surface area contributed by atoms with E-state index in [2.05, 4.69) is 37.6 Å². The molecule has 0 saturated carbocycles. The van der Waals surface area contributed by atoms with Crippen LogP contribution in [0.1, 0.15) is 24.5 Å². The second-order valence-corrected chi connectivity index (χ2v) is 5.61. The van der Waals surface area contributed by atoms with E-state index in [1.807, 2.05) is 24.3 Å². The van der Waals surface area contributed by atoms with Gasteiger partial charge < -0.3 is 9.47 Å². The standard InChI is InChI=1S/C20H25O2/c1-4-5-18(14-16-6-10-19(21-2)11-7-16)15-17-8-12-20(22-3)13-9-17/h4,6-13,18H,5,14-15H2,1-3H3. The fourth-order valence-corrected chi connectivity index (χ4v) is 2.76. The van der Waals surface area contributed by atoms with Crippen molar-refractivity contribution in [1.29, 1.82) is 0 Å². The molecule has 2 nitrogen and oxygen atoms in total. The van der Waals surface area contributed by atoms with E-state index in [0.29, 0.717) is 5.92 Å². The van der Waals surface area contributed by atoms with Crippen molar-refractivity contribution in [1.82, 2.24) is 0 Å². The third-order valence-electron chi connectivity index (χ3n) is 3.94. The molecule has 0 spiro atoms. The highest BCUT2D eigenvalue weighted by Gasteiger charge is 2.10. The average molecular weight is 297 g/mol. The summed E-state index contributed by atoms with van der Waals surface area (Å²) in [4.78, 5) is 0. The zero-order valence-corrected chi connectivity index (χ0v) is 13.7. The molecule has 2 aromatic carbocycles. The first-order chi connectivity index (χ1) is 10.7. The number of hydrogen-bond donors (Lipinski definition) is 0. The van der Waals surface area contributed by atoms with Crippen molar-refractivity contribution in [2.45, 2.75) is 26.2 Å². The van der Waals surface area contributed by atoms with Gasteiger partial charge >= 0.3 is 0 Å². The number of benzene rings is 2. The Morgan fingerprint density at radius 2 is 1.18 bits per heavy atom. The van der Waals surface area contributed by atoms with E-state index in [0.717, 1.165) is 30.8 Å². The van der Waals surface area contributed by atoms with Gasteiger partial charge in [-0.1, -0.05) is 31.2 Å². The molecule has 0 aromatic heterocycles. The van der Waals surface area contributed by atoms with E-state index >= 15 is 0 Å². The van der Waals surface area contributed by atoms with Gasteiger partial charge in [0.2, 0.25) is 0 Å². The van der Waals surface area contributed by atoms with Crippen LogP contribution < -0.4 is 9.47 Å². The first-order valence-corrected chi connectivity index (χ1v) is 7.78. The van der Waals surface area contributed by atoms with E-state index in [1.165, 1.54) is 11.1 Å². The molecule has 22 heavy (non-hydrogen) atoms. The first-order valence-electron chi connectivity index (χ1n) is 7.78. The fraction of sp³-hybridized carbons (Fsp3) is 0.350. The number of ether oxygens (including phenoxy) is 2. The van der Waals surface area contributed by atoms with Crippen LogP contribution >= 0.6 is 0 Å². The van der Waals surface area contributed by atoms with Gasteiger partial charge in [0.25, 0.3) is 0 Å². The molecule has 0 atom stereocenters. The summed E-state index contributed by atoms with van der Waals surface area (Å²) in [5.41, 5.74) is 2.72. The van der Waals surface area contributed by atoms with Gasteiger partial charge in [0, 0.05) is 0 Å². The average Bonchev–Trinajstić information content (AvgIpc) is 2.56. The van der Waals surface area contributed by atoms with Crippen LogP contribution in [0.2, 0.25) is 0 Å². The first kappa shape index (κ1) is 16.4. The second kappa shape index (κ2) is 8.47. The SMILES string of the molecule is C[CH]CC(Cc1ccc(OC)cc1)Cc1ccc(OC)cc1. The second-order valence-electron chi connectivity index (χ2n) is 5.61. The zero-order chi connectivity index (χ0) is 15.8. The van der Waals surface area contributed by atoms with Crippen LogP contribution in [0.25, 0.3) is 0 Å². The monoisotopic (exact) mass is 297 g/mol. The molecular weight excluding hydrogens is 272 g/mol. The van der Waals surface area contributed by atoms with Crippen molar-refractivity contribution in [2.24, 2.45) is 5.92 Å². The van der Waals surface area contributed by atoms with Gasteiger partial charge in [-0.25, -0.2) is 0 Å². The molecule has 0 aliphatic carbocycles. The molecule has 0 N–H and O–H groups in total. The molecule has 2 heteroatoms. The topological polar surface area (TPSA) is 18.5 Å². The van der Waals surface area contributed by atoms with Gasteiger partial charge in [0.15, 0.2) is 0 Å². The molecule has 0 amide bonds. The Balaban J connectivity index is 2.01. The Bertz CT molecular complexity index is 493. The highest BCUT2D eigenvalue weighted by molar-refractivity contribution is 5.29. The molecule has 0 bridgehead atoms. The van der Waals surface area contributed by atoms with Crippen LogP contribution in [-0.4, -0.2) is 14.2 Å². The van der Waals surface area contributed by atoms with E-state index in [4.69, 9.17) is 9.47 Å². The lowest BCUT2D eigenvalue weighted by molar-refractivity contribution is 0.414. The molecule has 0 heterocycles. The molecule has 2 aromatic rings. The molecule has 0 fully saturated rings. The van der Waals surface area contributed by atoms with Crippen LogP contribution in [0, 0.1) is 12.3 Å². The molecule has 117 valence electrons.